The number of nitrogens with two attached hydrogens (primary N) is 1. The Kier molecular flexibility index (Phi) is 8.33. The van der Waals surface area contributed by atoms with E-state index < -0.39 is 58.3 Å². The monoisotopic (exact) mass is 449 g/mol. The van der Waals surface area contributed by atoms with Gasteiger partial charge in [0.25, 0.3) is 5.69 Å². The molecule has 2 atom stereocenters. The molecule has 2 amide bonds. The molecule has 0 bridgehead atoms. The Balaban J connectivity index is 2.33. The highest BCUT2D eigenvalue weighted by atomic mass is 19.1. The minimum absolute atomic E-state index is 0.0615. The molecule has 0 aliphatic rings. The molecule has 0 aliphatic heterocycles. The lowest BCUT2D eigenvalue weighted by molar-refractivity contribution is -0.384. The van der Waals surface area contributed by atoms with Gasteiger partial charge in [-0.05, 0) is 24.6 Å². The second kappa shape index (κ2) is 10.9. The second-order valence-electron chi connectivity index (χ2n) is 6.79. The molecule has 0 heterocycles. The Bertz CT molecular complexity index is 993. The fourth-order valence-corrected chi connectivity index (χ4v) is 3.13. The van der Waals surface area contributed by atoms with Crippen molar-refractivity contribution in [2.45, 2.75) is 31.7 Å². The quantitative estimate of drug-likeness (QED) is 0.323. The predicted molar refractivity (Wildman–Crippen MR) is 108 cm³/mol. The largest absolute Gasteiger partial charge is 0.466 e. The summed E-state index contributed by atoms with van der Waals surface area (Å²) in [7, 11) is 0. The highest BCUT2D eigenvalue weighted by Crippen LogP contribution is 2.27. The number of carbonyl (C=O) groups excluding carboxylic acids is 3. The van der Waals surface area contributed by atoms with Crippen LogP contribution in [0.1, 0.15) is 30.4 Å². The first-order valence-electron chi connectivity index (χ1n) is 9.55. The third kappa shape index (κ3) is 6.30. The van der Waals surface area contributed by atoms with Gasteiger partial charge in [0.2, 0.25) is 11.8 Å². The van der Waals surface area contributed by atoms with Crippen LogP contribution in [0.2, 0.25) is 0 Å². The predicted octanol–water partition coefficient (Wildman–Crippen LogP) is 2.12. The molecule has 9 nitrogen and oxygen atoms in total. The van der Waals surface area contributed by atoms with E-state index in [1.54, 1.807) is 6.92 Å². The van der Waals surface area contributed by atoms with Gasteiger partial charge in [-0.15, -0.1) is 0 Å². The second-order valence-corrected chi connectivity index (χ2v) is 6.79. The lowest BCUT2D eigenvalue weighted by Crippen LogP contribution is -2.49. The number of hydrogen-bond acceptors (Lipinski definition) is 6. The number of primary amides is 1. The fourth-order valence-electron chi connectivity index (χ4n) is 3.13. The van der Waals surface area contributed by atoms with Crippen molar-refractivity contribution < 1.29 is 32.8 Å². The van der Waals surface area contributed by atoms with Crippen molar-refractivity contribution in [3.05, 3.63) is 75.3 Å². The zero-order chi connectivity index (χ0) is 23.8. The summed E-state index contributed by atoms with van der Waals surface area (Å²) in [6.07, 6.45) is -1.09. The van der Waals surface area contributed by atoms with Crippen LogP contribution in [-0.2, 0) is 25.5 Å². The molecule has 2 aromatic carbocycles. The summed E-state index contributed by atoms with van der Waals surface area (Å²) in [6.45, 7) is 1.64. The zero-order valence-electron chi connectivity index (χ0n) is 17.0. The number of nitro benzene ring substituents is 1. The molecule has 0 saturated heterocycles. The van der Waals surface area contributed by atoms with Crippen molar-refractivity contribution in [2.75, 3.05) is 6.61 Å². The molecule has 0 aromatic heterocycles. The number of halogens is 2. The fraction of sp³-hybridized carbons (Fsp3) is 0.286. The molecule has 3 N–H and O–H groups in total. The van der Waals surface area contributed by atoms with Gasteiger partial charge in [-0.25, -0.2) is 8.78 Å². The molecule has 170 valence electrons. The van der Waals surface area contributed by atoms with Gasteiger partial charge >= 0.3 is 5.97 Å². The summed E-state index contributed by atoms with van der Waals surface area (Å²) in [5, 5.41) is 13.2. The number of amides is 2. The van der Waals surface area contributed by atoms with Crippen LogP contribution in [0.15, 0.2) is 42.5 Å². The molecule has 0 spiro atoms. The third-order valence-corrected chi connectivity index (χ3v) is 4.65. The molecule has 11 heteroatoms. The Morgan fingerprint density at radius 3 is 2.22 bits per heavy atom. The lowest BCUT2D eigenvalue weighted by atomic mass is 9.87. The summed E-state index contributed by atoms with van der Waals surface area (Å²) >= 11 is 0. The maximum absolute atomic E-state index is 13.9. The normalized spacial score (nSPS) is 12.5. The number of ether oxygens (including phenoxy) is 1. The van der Waals surface area contributed by atoms with Crippen LogP contribution < -0.4 is 11.1 Å². The SMILES string of the molecule is CCOC(=O)C[C@@H](c1ccc([N+](=O)[O-])cc1)[C@H](NC(=O)Cc1c(F)cccc1F)C(N)=O. The molecule has 2 aromatic rings. The molecular formula is C21H21F2N3O6. The van der Waals surface area contributed by atoms with Gasteiger partial charge in [0.05, 0.1) is 24.4 Å². The number of hydrogen-bond donors (Lipinski definition) is 2. The number of esters is 1. The molecule has 2 rings (SSSR count). The summed E-state index contributed by atoms with van der Waals surface area (Å²) in [6, 6.07) is 6.63. The van der Waals surface area contributed by atoms with Gasteiger partial charge in [-0.1, -0.05) is 18.2 Å². The van der Waals surface area contributed by atoms with Gasteiger partial charge in [0, 0.05) is 23.6 Å². The lowest BCUT2D eigenvalue weighted by Gasteiger charge is -2.25. The number of benzene rings is 2. The van der Waals surface area contributed by atoms with E-state index in [9.17, 15) is 33.3 Å². The van der Waals surface area contributed by atoms with Crippen molar-refractivity contribution in [1.82, 2.24) is 5.32 Å². The number of carbonyl (C=O) groups is 3. The smallest absolute Gasteiger partial charge is 0.306 e. The van der Waals surface area contributed by atoms with Crippen LogP contribution >= 0.6 is 0 Å². The van der Waals surface area contributed by atoms with E-state index in [1.807, 2.05) is 0 Å². The molecule has 0 radical (unpaired) electrons. The van der Waals surface area contributed by atoms with Crippen LogP contribution in [0.25, 0.3) is 0 Å². The van der Waals surface area contributed by atoms with Crippen LogP contribution in [0.3, 0.4) is 0 Å². The molecule has 0 aliphatic carbocycles. The highest BCUT2D eigenvalue weighted by Gasteiger charge is 2.32. The van der Waals surface area contributed by atoms with Crippen molar-refractivity contribution in [3.63, 3.8) is 0 Å². The van der Waals surface area contributed by atoms with E-state index in [0.717, 1.165) is 18.2 Å². The summed E-state index contributed by atoms with van der Waals surface area (Å²) < 4.78 is 32.6. The minimum Gasteiger partial charge on any atom is -0.466 e. The van der Waals surface area contributed by atoms with Gasteiger partial charge in [0.1, 0.15) is 17.7 Å². The van der Waals surface area contributed by atoms with Gasteiger partial charge in [-0.3, -0.25) is 24.5 Å². The first-order chi connectivity index (χ1) is 15.1. The number of nitrogens with one attached hydrogen (secondary N) is 1. The van der Waals surface area contributed by atoms with Gasteiger partial charge in [0.15, 0.2) is 0 Å². The van der Waals surface area contributed by atoms with Crippen LogP contribution in [0.4, 0.5) is 14.5 Å². The molecule has 0 saturated carbocycles. The molecule has 0 unspecified atom stereocenters. The Morgan fingerprint density at radius 2 is 1.72 bits per heavy atom. The molecule has 0 fully saturated rings. The highest BCUT2D eigenvalue weighted by molar-refractivity contribution is 5.89. The molecular weight excluding hydrogens is 428 g/mol. The summed E-state index contributed by atoms with van der Waals surface area (Å²) in [5.74, 6) is -5.53. The first-order valence-corrected chi connectivity index (χ1v) is 9.55. The van der Waals surface area contributed by atoms with E-state index >= 15 is 0 Å². The van der Waals surface area contributed by atoms with E-state index in [2.05, 4.69) is 5.32 Å². The Hall–Kier alpha value is -3.89. The zero-order valence-corrected chi connectivity index (χ0v) is 17.0. The average molecular weight is 449 g/mol. The topological polar surface area (TPSA) is 142 Å². The van der Waals surface area contributed by atoms with Crippen molar-refractivity contribution in [1.29, 1.82) is 0 Å². The maximum atomic E-state index is 13.9. The van der Waals surface area contributed by atoms with E-state index in [-0.39, 0.29) is 18.7 Å². The third-order valence-electron chi connectivity index (χ3n) is 4.65. The number of nitrogens with zero attached hydrogens (tertiary/aromatic N) is 1. The van der Waals surface area contributed by atoms with E-state index in [1.165, 1.54) is 24.3 Å². The Morgan fingerprint density at radius 1 is 1.12 bits per heavy atom. The van der Waals surface area contributed by atoms with Gasteiger partial charge in [-0.2, -0.15) is 0 Å². The number of non-ortho nitro benzene ring substituents is 1. The van der Waals surface area contributed by atoms with Crippen molar-refractivity contribution in [2.24, 2.45) is 5.73 Å². The summed E-state index contributed by atoms with van der Waals surface area (Å²) in [5.41, 5.74) is 5.02. The number of rotatable bonds is 10. The minimum atomic E-state index is -1.46. The van der Waals surface area contributed by atoms with Crippen molar-refractivity contribution >= 4 is 23.5 Å². The van der Waals surface area contributed by atoms with Crippen LogP contribution in [0.5, 0.6) is 0 Å². The van der Waals surface area contributed by atoms with Crippen LogP contribution in [-0.4, -0.2) is 35.4 Å². The van der Waals surface area contributed by atoms with Gasteiger partial charge < -0.3 is 15.8 Å². The van der Waals surface area contributed by atoms with Crippen LogP contribution in [0, 0.1) is 21.7 Å². The van der Waals surface area contributed by atoms with E-state index in [4.69, 9.17) is 10.5 Å². The molecule has 32 heavy (non-hydrogen) atoms. The van der Waals surface area contributed by atoms with Crippen molar-refractivity contribution in [3.8, 4) is 0 Å². The summed E-state index contributed by atoms with van der Waals surface area (Å²) in [4.78, 5) is 47.0. The Labute approximate surface area is 181 Å². The average Bonchev–Trinajstić information content (AvgIpc) is 2.73. The first kappa shape index (κ1) is 24.4. The maximum Gasteiger partial charge on any atom is 0.306 e. The standard InChI is InChI=1S/C21H21F2N3O6/c1-2-32-19(28)11-14(12-6-8-13(9-7-12)26(30)31)20(21(24)29)25-18(27)10-15-16(22)4-3-5-17(15)23/h3-9,14,20H,2,10-11H2,1H3,(H2,24,29)(H,25,27)/t14-,20-/m0/s1. The van der Waals surface area contributed by atoms with E-state index in [0.29, 0.717) is 5.56 Å². The number of nitro groups is 1.